The van der Waals surface area contributed by atoms with Gasteiger partial charge in [0, 0.05) is 18.9 Å². The number of aromatic nitrogens is 1. The Balaban J connectivity index is 3.29. The summed E-state index contributed by atoms with van der Waals surface area (Å²) in [7, 11) is 0. The summed E-state index contributed by atoms with van der Waals surface area (Å²) < 4.78 is 37.0. The second-order valence-electron chi connectivity index (χ2n) is 2.68. The summed E-state index contributed by atoms with van der Waals surface area (Å²) in [5.74, 6) is 0. The van der Waals surface area contributed by atoms with Crippen LogP contribution < -0.4 is 5.73 Å². The van der Waals surface area contributed by atoms with Crippen molar-refractivity contribution in [3.63, 3.8) is 0 Å². The van der Waals surface area contributed by atoms with Crippen molar-refractivity contribution < 1.29 is 13.2 Å². The van der Waals surface area contributed by atoms with Gasteiger partial charge in [-0.25, -0.2) is 0 Å². The van der Waals surface area contributed by atoms with E-state index in [4.69, 9.17) is 5.73 Å². The Bertz CT molecular complexity index is 307. The lowest BCUT2D eigenvalue weighted by molar-refractivity contribution is -0.138. The van der Waals surface area contributed by atoms with Crippen LogP contribution in [0.15, 0.2) is 12.4 Å². The van der Waals surface area contributed by atoms with E-state index in [1.54, 1.807) is 6.92 Å². The van der Waals surface area contributed by atoms with Crippen molar-refractivity contribution in [1.29, 1.82) is 0 Å². The van der Waals surface area contributed by atoms with Gasteiger partial charge in [-0.2, -0.15) is 13.2 Å². The highest BCUT2D eigenvalue weighted by molar-refractivity contribution is 5.32. The van der Waals surface area contributed by atoms with Crippen molar-refractivity contribution >= 4 is 0 Å². The number of nitrogens with zero attached hydrogens (tertiary/aromatic N) is 1. The van der Waals surface area contributed by atoms with Crippen LogP contribution in [0.4, 0.5) is 13.2 Å². The summed E-state index contributed by atoms with van der Waals surface area (Å²) >= 11 is 0. The zero-order chi connectivity index (χ0) is 10.1. The van der Waals surface area contributed by atoms with Gasteiger partial charge in [0.1, 0.15) is 0 Å². The van der Waals surface area contributed by atoms with E-state index < -0.39 is 11.7 Å². The van der Waals surface area contributed by atoms with Gasteiger partial charge in [0.25, 0.3) is 0 Å². The van der Waals surface area contributed by atoms with Crippen molar-refractivity contribution in [2.45, 2.75) is 19.6 Å². The minimum atomic E-state index is -4.37. The first-order valence-electron chi connectivity index (χ1n) is 3.67. The highest BCUT2D eigenvalue weighted by Gasteiger charge is 2.33. The summed E-state index contributed by atoms with van der Waals surface area (Å²) in [5.41, 5.74) is 5.06. The molecule has 0 saturated carbocycles. The molecule has 1 heterocycles. The number of hydrogen-bond donors (Lipinski definition) is 1. The fourth-order valence-corrected chi connectivity index (χ4v) is 1.11. The first-order chi connectivity index (χ1) is 5.96. The molecular formula is C8H9F3N2. The van der Waals surface area contributed by atoms with E-state index in [1.165, 1.54) is 6.20 Å². The molecule has 72 valence electrons. The number of nitrogens with two attached hydrogens (primary N) is 1. The van der Waals surface area contributed by atoms with Crippen molar-refractivity contribution in [3.8, 4) is 0 Å². The molecule has 0 bridgehead atoms. The van der Waals surface area contributed by atoms with Gasteiger partial charge in [-0.3, -0.25) is 4.98 Å². The number of hydrogen-bond acceptors (Lipinski definition) is 2. The summed E-state index contributed by atoms with van der Waals surface area (Å²) in [6, 6.07) is 0. The highest BCUT2D eigenvalue weighted by atomic mass is 19.4. The summed E-state index contributed by atoms with van der Waals surface area (Å²) in [6.07, 6.45) is -2.19. The van der Waals surface area contributed by atoms with E-state index in [0.717, 1.165) is 6.20 Å². The summed E-state index contributed by atoms with van der Waals surface area (Å²) in [5, 5.41) is 0. The van der Waals surface area contributed by atoms with Crippen LogP contribution in [0.2, 0.25) is 0 Å². The first-order valence-corrected chi connectivity index (χ1v) is 3.67. The molecule has 2 N–H and O–H groups in total. The molecule has 5 heteroatoms. The Morgan fingerprint density at radius 2 is 2.00 bits per heavy atom. The van der Waals surface area contributed by atoms with Crippen LogP contribution in [-0.2, 0) is 12.7 Å². The van der Waals surface area contributed by atoms with E-state index in [0.29, 0.717) is 5.56 Å². The smallest absolute Gasteiger partial charge is 0.326 e. The van der Waals surface area contributed by atoms with Crippen LogP contribution in [0.3, 0.4) is 0 Å². The van der Waals surface area contributed by atoms with Crippen LogP contribution in [0, 0.1) is 6.92 Å². The lowest BCUT2D eigenvalue weighted by atomic mass is 10.1. The van der Waals surface area contributed by atoms with Gasteiger partial charge in [0.2, 0.25) is 0 Å². The summed E-state index contributed by atoms with van der Waals surface area (Å²) in [6.45, 7) is 1.44. The van der Waals surface area contributed by atoms with Crippen LogP contribution in [0.5, 0.6) is 0 Å². The molecule has 0 saturated heterocycles. The van der Waals surface area contributed by atoms with E-state index >= 15 is 0 Å². The van der Waals surface area contributed by atoms with Crippen LogP contribution in [0.1, 0.15) is 16.7 Å². The van der Waals surface area contributed by atoms with Crippen LogP contribution >= 0.6 is 0 Å². The molecule has 0 radical (unpaired) electrons. The average molecular weight is 190 g/mol. The third-order valence-electron chi connectivity index (χ3n) is 1.78. The van der Waals surface area contributed by atoms with Crippen LogP contribution in [0.25, 0.3) is 0 Å². The molecule has 0 aliphatic carbocycles. The van der Waals surface area contributed by atoms with E-state index in [9.17, 15) is 13.2 Å². The zero-order valence-corrected chi connectivity index (χ0v) is 7.02. The number of halogens is 3. The Morgan fingerprint density at radius 1 is 1.38 bits per heavy atom. The minimum Gasteiger partial charge on any atom is -0.326 e. The maximum absolute atomic E-state index is 12.3. The second kappa shape index (κ2) is 3.33. The molecule has 0 unspecified atom stereocenters. The zero-order valence-electron chi connectivity index (χ0n) is 7.02. The SMILES string of the molecule is Cc1cncc(C(F)(F)F)c1CN. The van der Waals surface area contributed by atoms with Gasteiger partial charge < -0.3 is 5.73 Å². The molecule has 1 aromatic rings. The number of rotatable bonds is 1. The molecule has 2 nitrogen and oxygen atoms in total. The standard InChI is InChI=1S/C8H9F3N2/c1-5-3-13-4-7(6(5)2-12)8(9,10)11/h3-4H,2,12H2,1H3. The molecule has 0 spiro atoms. The quantitative estimate of drug-likeness (QED) is 0.734. The van der Waals surface area contributed by atoms with Gasteiger partial charge in [-0.1, -0.05) is 0 Å². The number of aryl methyl sites for hydroxylation is 1. The Kier molecular flexibility index (Phi) is 2.56. The topological polar surface area (TPSA) is 38.9 Å². The van der Waals surface area contributed by atoms with E-state index in [-0.39, 0.29) is 12.1 Å². The predicted molar refractivity (Wildman–Crippen MR) is 41.9 cm³/mol. The van der Waals surface area contributed by atoms with Crippen molar-refractivity contribution in [2.75, 3.05) is 0 Å². The fraction of sp³-hybridized carbons (Fsp3) is 0.375. The molecule has 1 aromatic heterocycles. The monoisotopic (exact) mass is 190 g/mol. The third kappa shape index (κ3) is 1.98. The molecule has 0 aromatic carbocycles. The molecule has 0 fully saturated rings. The lowest BCUT2D eigenvalue weighted by Crippen LogP contribution is -2.13. The lowest BCUT2D eigenvalue weighted by Gasteiger charge is -2.12. The average Bonchev–Trinajstić information content (AvgIpc) is 2.02. The van der Waals surface area contributed by atoms with Crippen molar-refractivity contribution in [1.82, 2.24) is 4.98 Å². The van der Waals surface area contributed by atoms with Gasteiger partial charge >= 0.3 is 6.18 Å². The summed E-state index contributed by atoms with van der Waals surface area (Å²) in [4.78, 5) is 3.48. The normalized spacial score (nSPS) is 11.8. The van der Waals surface area contributed by atoms with Crippen molar-refractivity contribution in [2.24, 2.45) is 5.73 Å². The van der Waals surface area contributed by atoms with Gasteiger partial charge in [0.15, 0.2) is 0 Å². The third-order valence-corrected chi connectivity index (χ3v) is 1.78. The van der Waals surface area contributed by atoms with E-state index in [1.807, 2.05) is 0 Å². The predicted octanol–water partition coefficient (Wildman–Crippen LogP) is 1.87. The Hall–Kier alpha value is -1.10. The maximum atomic E-state index is 12.3. The molecule has 13 heavy (non-hydrogen) atoms. The second-order valence-corrected chi connectivity index (χ2v) is 2.68. The molecule has 0 amide bonds. The minimum absolute atomic E-state index is 0.113. The van der Waals surface area contributed by atoms with Crippen LogP contribution in [-0.4, -0.2) is 4.98 Å². The van der Waals surface area contributed by atoms with E-state index in [2.05, 4.69) is 4.98 Å². The largest absolute Gasteiger partial charge is 0.418 e. The first kappa shape index (κ1) is 9.98. The molecule has 0 atom stereocenters. The van der Waals surface area contributed by atoms with Crippen molar-refractivity contribution in [3.05, 3.63) is 29.1 Å². The highest BCUT2D eigenvalue weighted by Crippen LogP contribution is 2.32. The Morgan fingerprint density at radius 3 is 2.38 bits per heavy atom. The maximum Gasteiger partial charge on any atom is 0.418 e. The number of alkyl halides is 3. The molecule has 0 aliphatic rings. The fourth-order valence-electron chi connectivity index (χ4n) is 1.11. The molecule has 0 aliphatic heterocycles. The number of pyridine rings is 1. The molecule has 1 rings (SSSR count). The van der Waals surface area contributed by atoms with Gasteiger partial charge in [-0.05, 0) is 18.1 Å². The van der Waals surface area contributed by atoms with Gasteiger partial charge in [-0.15, -0.1) is 0 Å². The Labute approximate surface area is 73.6 Å². The molecular weight excluding hydrogens is 181 g/mol. The van der Waals surface area contributed by atoms with Gasteiger partial charge in [0.05, 0.1) is 5.56 Å².